The Morgan fingerprint density at radius 1 is 0.280 bits per heavy atom. The van der Waals surface area contributed by atoms with E-state index in [0.717, 1.165) is 154 Å². The van der Waals surface area contributed by atoms with Crippen LogP contribution >= 0.6 is 0 Å². The number of hydrogen-bond donors (Lipinski definition) is 0. The van der Waals surface area contributed by atoms with Crippen molar-refractivity contribution in [2.45, 2.75) is 258 Å². The molecule has 0 aliphatic heterocycles. The maximum atomic E-state index is 12.9. The molecule has 0 rings (SSSR count). The van der Waals surface area contributed by atoms with Crippen LogP contribution in [0.1, 0.15) is 252 Å². The highest BCUT2D eigenvalue weighted by molar-refractivity contribution is 5.71. The van der Waals surface area contributed by atoms with Crippen molar-refractivity contribution in [1.82, 2.24) is 0 Å². The highest BCUT2D eigenvalue weighted by atomic mass is 16.6. The summed E-state index contributed by atoms with van der Waals surface area (Å²) in [7, 11) is 0. The molecule has 0 N–H and O–H groups in total. The monoisotopic (exact) mass is 1030 g/mol. The zero-order valence-electron chi connectivity index (χ0n) is 48.3. The molecule has 0 aromatic rings. The quantitative estimate of drug-likeness (QED) is 0.0261. The highest BCUT2D eigenvalue weighted by Gasteiger charge is 2.19. The summed E-state index contributed by atoms with van der Waals surface area (Å²) in [5.74, 6) is -0.987. The highest BCUT2D eigenvalue weighted by Crippen LogP contribution is 2.13. The Morgan fingerprint density at radius 2 is 0.520 bits per heavy atom. The third-order valence-corrected chi connectivity index (χ3v) is 12.3. The maximum Gasteiger partial charge on any atom is 0.306 e. The van der Waals surface area contributed by atoms with Gasteiger partial charge in [0.1, 0.15) is 13.2 Å². The summed E-state index contributed by atoms with van der Waals surface area (Å²) in [6.45, 7) is 6.40. The van der Waals surface area contributed by atoms with Crippen molar-refractivity contribution >= 4 is 17.9 Å². The van der Waals surface area contributed by atoms with E-state index in [4.69, 9.17) is 14.2 Å². The molecule has 0 bridgehead atoms. The van der Waals surface area contributed by atoms with Gasteiger partial charge in [-0.1, -0.05) is 231 Å². The van der Waals surface area contributed by atoms with Crippen LogP contribution in [0.5, 0.6) is 0 Å². The predicted molar refractivity (Wildman–Crippen MR) is 325 cm³/mol. The van der Waals surface area contributed by atoms with Crippen LogP contribution in [0.3, 0.4) is 0 Å². The van der Waals surface area contributed by atoms with Gasteiger partial charge in [0, 0.05) is 19.3 Å². The largest absolute Gasteiger partial charge is 0.462 e. The smallest absolute Gasteiger partial charge is 0.306 e. The molecule has 75 heavy (non-hydrogen) atoms. The van der Waals surface area contributed by atoms with Crippen LogP contribution in [-0.4, -0.2) is 37.2 Å². The summed E-state index contributed by atoms with van der Waals surface area (Å²) in [6.07, 6.45) is 88.4. The molecule has 0 fully saturated rings. The van der Waals surface area contributed by atoms with E-state index >= 15 is 0 Å². The second kappa shape index (κ2) is 61.8. The van der Waals surface area contributed by atoms with Gasteiger partial charge in [-0.15, -0.1) is 0 Å². The van der Waals surface area contributed by atoms with Crippen LogP contribution in [0.15, 0.2) is 146 Å². The van der Waals surface area contributed by atoms with E-state index in [9.17, 15) is 14.4 Å². The Kier molecular flexibility index (Phi) is 58.0. The zero-order chi connectivity index (χ0) is 54.3. The van der Waals surface area contributed by atoms with Gasteiger partial charge in [-0.3, -0.25) is 14.4 Å². The summed E-state index contributed by atoms with van der Waals surface area (Å²) < 4.78 is 16.8. The lowest BCUT2D eigenvalue weighted by atomic mass is 10.1. The van der Waals surface area contributed by atoms with E-state index in [-0.39, 0.29) is 31.1 Å². The second-order valence-corrected chi connectivity index (χ2v) is 19.5. The number of hydrogen-bond acceptors (Lipinski definition) is 6. The first-order chi connectivity index (χ1) is 37.0. The maximum absolute atomic E-state index is 12.9. The Hall–Kier alpha value is -4.71. The van der Waals surface area contributed by atoms with E-state index in [1.54, 1.807) is 0 Å². The number of rotatable bonds is 53. The van der Waals surface area contributed by atoms with Gasteiger partial charge >= 0.3 is 17.9 Å². The SMILES string of the molecule is CC/C=C\C/C=C\C/C=C\C/C=C\C/C=C\C/C=C\C/C=C\C/C=C\CCCCC(=O)OCC(COC(=O)CCCCCCC/C=C\C/C=C\CCCCC)OC(=O)CCCCCCC/C=C\C/C=C\CCCCC. The van der Waals surface area contributed by atoms with Crippen molar-refractivity contribution in [3.05, 3.63) is 146 Å². The van der Waals surface area contributed by atoms with Gasteiger partial charge in [0.05, 0.1) is 0 Å². The molecular formula is C69H110O6. The van der Waals surface area contributed by atoms with Crippen molar-refractivity contribution in [3.8, 4) is 0 Å². The number of allylic oxidation sites excluding steroid dienone is 24. The average molecular weight is 1040 g/mol. The van der Waals surface area contributed by atoms with Crippen LogP contribution in [0.25, 0.3) is 0 Å². The van der Waals surface area contributed by atoms with Gasteiger partial charge in [0.15, 0.2) is 6.10 Å². The zero-order valence-corrected chi connectivity index (χ0v) is 48.3. The minimum atomic E-state index is -0.816. The van der Waals surface area contributed by atoms with E-state index < -0.39 is 6.10 Å². The van der Waals surface area contributed by atoms with Gasteiger partial charge in [-0.2, -0.15) is 0 Å². The topological polar surface area (TPSA) is 78.9 Å². The van der Waals surface area contributed by atoms with Gasteiger partial charge < -0.3 is 14.2 Å². The number of carbonyl (C=O) groups is 3. The minimum absolute atomic E-state index is 0.110. The predicted octanol–water partition coefficient (Wildman–Crippen LogP) is 20.8. The van der Waals surface area contributed by atoms with Gasteiger partial charge in [0.25, 0.3) is 0 Å². The van der Waals surface area contributed by atoms with Crippen molar-refractivity contribution in [2.24, 2.45) is 0 Å². The lowest BCUT2D eigenvalue weighted by Gasteiger charge is -2.18. The van der Waals surface area contributed by atoms with Gasteiger partial charge in [0.2, 0.25) is 0 Å². The number of unbranched alkanes of at least 4 members (excludes halogenated alkanes) is 18. The normalized spacial score (nSPS) is 13.2. The Bertz CT molecular complexity index is 1660. The molecule has 0 spiro atoms. The molecule has 0 amide bonds. The Morgan fingerprint density at radius 3 is 0.840 bits per heavy atom. The molecule has 0 saturated heterocycles. The van der Waals surface area contributed by atoms with Crippen molar-refractivity contribution in [3.63, 3.8) is 0 Å². The number of ether oxygens (including phenoxy) is 3. The van der Waals surface area contributed by atoms with Gasteiger partial charge in [-0.05, 0) is 148 Å². The van der Waals surface area contributed by atoms with E-state index in [0.29, 0.717) is 25.7 Å². The van der Waals surface area contributed by atoms with Crippen LogP contribution in [0.2, 0.25) is 0 Å². The van der Waals surface area contributed by atoms with Crippen LogP contribution in [-0.2, 0) is 28.6 Å². The van der Waals surface area contributed by atoms with Crippen molar-refractivity contribution in [1.29, 1.82) is 0 Å². The molecule has 0 radical (unpaired) electrons. The molecule has 422 valence electrons. The Balaban J connectivity index is 4.48. The second-order valence-electron chi connectivity index (χ2n) is 19.5. The molecule has 0 aromatic carbocycles. The van der Waals surface area contributed by atoms with E-state index in [1.807, 2.05) is 0 Å². The summed E-state index contributed by atoms with van der Waals surface area (Å²) in [5.41, 5.74) is 0. The fraction of sp³-hybridized carbons (Fsp3) is 0.609. The molecule has 6 nitrogen and oxygen atoms in total. The van der Waals surface area contributed by atoms with Crippen molar-refractivity contribution < 1.29 is 28.6 Å². The van der Waals surface area contributed by atoms with Crippen LogP contribution in [0.4, 0.5) is 0 Å². The standard InChI is InChI=1S/C69H110O6/c1-4-7-10-13-16-19-22-25-28-29-30-31-32-33-34-35-36-37-38-39-42-44-47-50-53-56-59-62-68(71)74-65-66(75-69(72)63-60-57-54-51-48-45-41-27-24-21-18-15-12-9-6-3)64-73-67(70)61-58-55-52-49-46-43-40-26-23-20-17-14-11-8-5-2/h7,10,16-21,25-28,30-31,33-34,36-37,39-42,47,50,66H,4-6,8-9,11-15,22-24,29,32,35,38,43-46,48-49,51-65H2,1-3H3/b10-7-,19-16-,20-17-,21-18-,28-25-,31-30-,34-33-,37-36-,40-26-,41-27-,42-39-,50-47-. The fourth-order valence-electron chi connectivity index (χ4n) is 7.75. The molecule has 0 aliphatic rings. The third kappa shape index (κ3) is 60.0. The van der Waals surface area contributed by atoms with Crippen LogP contribution in [0, 0.1) is 0 Å². The van der Waals surface area contributed by atoms with E-state index in [1.165, 1.54) is 51.4 Å². The third-order valence-electron chi connectivity index (χ3n) is 12.3. The fourth-order valence-corrected chi connectivity index (χ4v) is 7.75. The van der Waals surface area contributed by atoms with Gasteiger partial charge in [-0.25, -0.2) is 0 Å². The van der Waals surface area contributed by atoms with Crippen LogP contribution < -0.4 is 0 Å². The first kappa shape index (κ1) is 70.3. The Labute approximate surface area is 461 Å². The lowest BCUT2D eigenvalue weighted by Crippen LogP contribution is -2.30. The molecule has 6 heteroatoms. The average Bonchev–Trinajstić information content (AvgIpc) is 3.41. The minimum Gasteiger partial charge on any atom is -0.462 e. The van der Waals surface area contributed by atoms with E-state index in [2.05, 4.69) is 167 Å². The molecule has 0 heterocycles. The molecule has 0 aromatic heterocycles. The molecule has 1 atom stereocenters. The van der Waals surface area contributed by atoms with Crippen molar-refractivity contribution in [2.75, 3.05) is 13.2 Å². The molecule has 0 aliphatic carbocycles. The number of carbonyl (C=O) groups excluding carboxylic acids is 3. The molecule has 0 saturated carbocycles. The summed E-state index contributed by atoms with van der Waals surface area (Å²) in [5, 5.41) is 0. The first-order valence-corrected chi connectivity index (χ1v) is 30.3. The first-order valence-electron chi connectivity index (χ1n) is 30.3. The lowest BCUT2D eigenvalue weighted by molar-refractivity contribution is -0.167. The molecular weight excluding hydrogens is 925 g/mol. The molecule has 1 unspecified atom stereocenters. The summed E-state index contributed by atoms with van der Waals surface area (Å²) >= 11 is 0. The summed E-state index contributed by atoms with van der Waals surface area (Å²) in [4.78, 5) is 38.2. The summed E-state index contributed by atoms with van der Waals surface area (Å²) in [6, 6.07) is 0. The number of esters is 3.